The van der Waals surface area contributed by atoms with E-state index in [9.17, 15) is 0 Å². The molecule has 1 nitrogen and oxygen atoms in total. The van der Waals surface area contributed by atoms with Crippen molar-refractivity contribution in [2.45, 2.75) is 0 Å². The van der Waals surface area contributed by atoms with Gasteiger partial charge in [-0.05, 0) is 17.7 Å². The van der Waals surface area contributed by atoms with E-state index in [2.05, 4.69) is 0 Å². The lowest BCUT2D eigenvalue weighted by Gasteiger charge is -2.14. The quantitative estimate of drug-likeness (QED) is 0.677. The average Bonchev–Trinajstić information content (AvgIpc) is 2.03. The van der Waals surface area contributed by atoms with E-state index < -0.39 is 0 Å². The van der Waals surface area contributed by atoms with E-state index in [1.807, 2.05) is 37.2 Å². The molecule has 0 N–H and O–H groups in total. The van der Waals surface area contributed by atoms with Crippen LogP contribution in [-0.2, 0) is 0 Å². The van der Waals surface area contributed by atoms with Crippen molar-refractivity contribution in [2.75, 3.05) is 19.0 Å². The summed E-state index contributed by atoms with van der Waals surface area (Å²) in [6.45, 7) is 5.35. The normalized spacial score (nSPS) is 9.58. The molecule has 0 aliphatic heterocycles. The lowest BCUT2D eigenvalue weighted by molar-refractivity contribution is 1.13. The van der Waals surface area contributed by atoms with Crippen LogP contribution in [0.4, 0.5) is 5.69 Å². The highest BCUT2D eigenvalue weighted by molar-refractivity contribution is 6.33. The van der Waals surface area contributed by atoms with Crippen molar-refractivity contribution in [2.24, 2.45) is 0 Å². The molecular formula is C10H11ClN. The molecule has 1 aromatic rings. The summed E-state index contributed by atoms with van der Waals surface area (Å²) in [5.74, 6) is 0. The molecule has 0 saturated heterocycles. The van der Waals surface area contributed by atoms with Crippen molar-refractivity contribution >= 4 is 23.4 Å². The van der Waals surface area contributed by atoms with E-state index in [0.29, 0.717) is 0 Å². The molecule has 0 aliphatic carbocycles. The van der Waals surface area contributed by atoms with Gasteiger partial charge in [0.2, 0.25) is 0 Å². The fraction of sp³-hybridized carbons (Fsp3) is 0.200. The van der Waals surface area contributed by atoms with Gasteiger partial charge in [-0.2, -0.15) is 0 Å². The van der Waals surface area contributed by atoms with Gasteiger partial charge >= 0.3 is 0 Å². The van der Waals surface area contributed by atoms with Gasteiger partial charge in [0.25, 0.3) is 0 Å². The minimum absolute atomic E-state index is 0.721. The Bertz CT molecular complexity index is 292. The van der Waals surface area contributed by atoms with Gasteiger partial charge in [-0.15, -0.1) is 0 Å². The highest BCUT2D eigenvalue weighted by atomic mass is 35.5. The summed E-state index contributed by atoms with van der Waals surface area (Å²) >= 11 is 5.99. The summed E-state index contributed by atoms with van der Waals surface area (Å²) in [5, 5.41) is 0.721. The second-order valence-corrected chi connectivity index (χ2v) is 3.18. The molecule has 1 aromatic carbocycles. The maximum absolute atomic E-state index is 5.99. The van der Waals surface area contributed by atoms with Gasteiger partial charge in [-0.25, -0.2) is 0 Å². The first-order chi connectivity index (χ1) is 5.65. The van der Waals surface area contributed by atoms with E-state index in [1.54, 1.807) is 0 Å². The van der Waals surface area contributed by atoms with Crippen LogP contribution in [0.25, 0.3) is 6.08 Å². The van der Waals surface area contributed by atoms with Crippen molar-refractivity contribution in [3.63, 3.8) is 0 Å². The predicted molar refractivity (Wildman–Crippen MR) is 54.5 cm³/mol. The highest BCUT2D eigenvalue weighted by Gasteiger charge is 2.01. The number of hydrogen-bond acceptors (Lipinski definition) is 1. The molecule has 0 fully saturated rings. The molecule has 0 aliphatic rings. The van der Waals surface area contributed by atoms with Gasteiger partial charge in [0.15, 0.2) is 0 Å². The van der Waals surface area contributed by atoms with E-state index in [-0.39, 0.29) is 0 Å². The molecule has 0 aromatic heterocycles. The molecule has 1 rings (SSSR count). The second-order valence-electron chi connectivity index (χ2n) is 2.77. The molecule has 0 saturated carbocycles. The summed E-state index contributed by atoms with van der Waals surface area (Å²) in [4.78, 5) is 1.96. The Morgan fingerprint density at radius 3 is 2.50 bits per heavy atom. The number of nitrogens with zero attached hydrogens (tertiary/aromatic N) is 1. The van der Waals surface area contributed by atoms with Gasteiger partial charge < -0.3 is 4.90 Å². The first-order valence-electron chi connectivity index (χ1n) is 3.67. The third kappa shape index (κ3) is 1.80. The van der Waals surface area contributed by atoms with Crippen molar-refractivity contribution in [3.05, 3.63) is 35.4 Å². The Balaban J connectivity index is 3.11. The van der Waals surface area contributed by atoms with Crippen molar-refractivity contribution in [3.8, 4) is 0 Å². The number of anilines is 1. The van der Waals surface area contributed by atoms with Crippen LogP contribution in [0, 0.1) is 6.58 Å². The largest absolute Gasteiger partial charge is 0.376 e. The van der Waals surface area contributed by atoms with Crippen LogP contribution < -0.4 is 4.90 Å². The summed E-state index contributed by atoms with van der Waals surface area (Å²) in [7, 11) is 3.90. The molecule has 0 atom stereocenters. The molecule has 2 heteroatoms. The highest BCUT2D eigenvalue weighted by Crippen LogP contribution is 2.25. The zero-order chi connectivity index (χ0) is 9.14. The molecular weight excluding hydrogens is 170 g/mol. The van der Waals surface area contributed by atoms with E-state index in [1.165, 1.54) is 6.08 Å². The number of rotatable bonds is 2. The fourth-order valence-corrected chi connectivity index (χ4v) is 1.35. The summed E-state index contributed by atoms with van der Waals surface area (Å²) in [6.07, 6.45) is 1.53. The van der Waals surface area contributed by atoms with Gasteiger partial charge in [0.1, 0.15) is 0 Å². The number of halogens is 1. The third-order valence-electron chi connectivity index (χ3n) is 1.65. The zero-order valence-electron chi connectivity index (χ0n) is 7.21. The fourth-order valence-electron chi connectivity index (χ4n) is 0.990. The molecule has 0 bridgehead atoms. The Hall–Kier alpha value is -0.950. The second kappa shape index (κ2) is 3.63. The van der Waals surface area contributed by atoms with Crippen LogP contribution in [0.5, 0.6) is 0 Å². The zero-order valence-corrected chi connectivity index (χ0v) is 7.97. The number of benzene rings is 1. The predicted octanol–water partition coefficient (Wildman–Crippen LogP) is 2.85. The minimum atomic E-state index is 0.721. The third-order valence-corrected chi connectivity index (χ3v) is 1.95. The van der Waals surface area contributed by atoms with Gasteiger partial charge in [-0.3, -0.25) is 0 Å². The summed E-state index contributed by atoms with van der Waals surface area (Å²) < 4.78 is 0. The van der Waals surface area contributed by atoms with Crippen LogP contribution in [-0.4, -0.2) is 14.1 Å². The van der Waals surface area contributed by atoms with Crippen LogP contribution in [0.2, 0.25) is 5.02 Å². The number of hydrogen-bond donors (Lipinski definition) is 0. The Labute approximate surface area is 78.3 Å². The lowest BCUT2D eigenvalue weighted by atomic mass is 10.2. The Morgan fingerprint density at radius 1 is 1.42 bits per heavy atom. The van der Waals surface area contributed by atoms with Crippen molar-refractivity contribution < 1.29 is 0 Å². The van der Waals surface area contributed by atoms with Crippen LogP contribution in [0.15, 0.2) is 18.2 Å². The first-order valence-corrected chi connectivity index (χ1v) is 4.05. The minimum Gasteiger partial charge on any atom is -0.376 e. The monoisotopic (exact) mass is 180 g/mol. The lowest BCUT2D eigenvalue weighted by Crippen LogP contribution is -2.08. The summed E-state index contributed by atoms with van der Waals surface area (Å²) in [6, 6.07) is 5.72. The maximum Gasteiger partial charge on any atom is 0.0645 e. The van der Waals surface area contributed by atoms with Gasteiger partial charge in [0.05, 0.1) is 10.7 Å². The summed E-state index contributed by atoms with van der Waals surface area (Å²) in [5.41, 5.74) is 1.94. The molecule has 0 unspecified atom stereocenters. The van der Waals surface area contributed by atoms with Gasteiger partial charge in [0, 0.05) is 14.1 Å². The molecule has 12 heavy (non-hydrogen) atoms. The van der Waals surface area contributed by atoms with Gasteiger partial charge in [-0.1, -0.05) is 30.3 Å². The molecule has 63 valence electrons. The SMILES string of the molecule is [CH]=Cc1ccc(N(C)C)c(Cl)c1. The Morgan fingerprint density at radius 2 is 2.08 bits per heavy atom. The van der Waals surface area contributed by atoms with Crippen LogP contribution in [0.3, 0.4) is 0 Å². The van der Waals surface area contributed by atoms with Crippen LogP contribution in [0.1, 0.15) is 5.56 Å². The van der Waals surface area contributed by atoms with E-state index in [4.69, 9.17) is 18.2 Å². The molecule has 0 amide bonds. The smallest absolute Gasteiger partial charge is 0.0645 e. The van der Waals surface area contributed by atoms with E-state index >= 15 is 0 Å². The van der Waals surface area contributed by atoms with E-state index in [0.717, 1.165) is 16.3 Å². The van der Waals surface area contributed by atoms with Crippen molar-refractivity contribution in [1.29, 1.82) is 0 Å². The molecule has 0 heterocycles. The maximum atomic E-state index is 5.99. The first kappa shape index (κ1) is 9.14. The van der Waals surface area contributed by atoms with Crippen LogP contribution >= 0.6 is 11.6 Å². The average molecular weight is 181 g/mol. The van der Waals surface area contributed by atoms with Crippen molar-refractivity contribution in [1.82, 2.24) is 0 Å². The standard InChI is InChI=1S/C10H11ClN/c1-4-8-5-6-10(12(2)3)9(11)7-8/h1,4-7H,2-3H3. The molecule has 0 spiro atoms. The Kier molecular flexibility index (Phi) is 2.77. The topological polar surface area (TPSA) is 3.24 Å². The molecule has 1 radical (unpaired) electrons.